The van der Waals surface area contributed by atoms with Gasteiger partial charge in [0.2, 0.25) is 0 Å². The maximum atomic E-state index is 10.8. The van der Waals surface area contributed by atoms with E-state index in [0.29, 0.717) is 6.54 Å². The van der Waals surface area contributed by atoms with Gasteiger partial charge in [-0.05, 0) is 32.6 Å². The fourth-order valence-corrected chi connectivity index (χ4v) is 2.51. The summed E-state index contributed by atoms with van der Waals surface area (Å²) < 4.78 is 2.11. The molecule has 1 heterocycles. The third kappa shape index (κ3) is 2.79. The van der Waals surface area contributed by atoms with Gasteiger partial charge in [-0.25, -0.2) is 0 Å². The zero-order chi connectivity index (χ0) is 14.0. The molecule has 2 rings (SSSR count). The molecule has 0 unspecified atom stereocenters. The number of carboxylic acid groups (broad SMARTS) is 1. The van der Waals surface area contributed by atoms with Gasteiger partial charge in [0, 0.05) is 29.7 Å². The van der Waals surface area contributed by atoms with Crippen LogP contribution < -0.4 is 0 Å². The molecular formula is C15H20N2O2. The average molecular weight is 260 g/mol. The monoisotopic (exact) mass is 260 g/mol. The second-order valence-corrected chi connectivity index (χ2v) is 5.11. The Morgan fingerprint density at radius 3 is 2.63 bits per heavy atom. The first-order valence-electron chi connectivity index (χ1n) is 6.44. The number of hydrogen-bond acceptors (Lipinski definition) is 2. The molecule has 0 fully saturated rings. The van der Waals surface area contributed by atoms with Crippen LogP contribution in [0.25, 0.3) is 10.9 Å². The molecule has 102 valence electrons. The van der Waals surface area contributed by atoms with E-state index in [1.807, 2.05) is 26.2 Å². The van der Waals surface area contributed by atoms with Crippen molar-refractivity contribution in [1.82, 2.24) is 9.47 Å². The maximum absolute atomic E-state index is 10.8. The summed E-state index contributed by atoms with van der Waals surface area (Å²) in [5, 5.41) is 10.1. The number of aromatic nitrogens is 1. The molecule has 0 spiro atoms. The van der Waals surface area contributed by atoms with Gasteiger partial charge in [0.15, 0.2) is 0 Å². The van der Waals surface area contributed by atoms with Crippen molar-refractivity contribution in [3.8, 4) is 0 Å². The van der Waals surface area contributed by atoms with Crippen molar-refractivity contribution in [2.45, 2.75) is 26.4 Å². The summed E-state index contributed by atoms with van der Waals surface area (Å²) in [5.41, 5.74) is 3.57. The van der Waals surface area contributed by atoms with Gasteiger partial charge in [0.05, 0.1) is 6.42 Å². The van der Waals surface area contributed by atoms with Crippen LogP contribution in [0.3, 0.4) is 0 Å². The predicted octanol–water partition coefficient (Wildman–Crippen LogP) is 2.49. The van der Waals surface area contributed by atoms with Gasteiger partial charge in [-0.2, -0.15) is 0 Å². The van der Waals surface area contributed by atoms with E-state index in [1.165, 1.54) is 10.9 Å². The Kier molecular flexibility index (Phi) is 3.90. The van der Waals surface area contributed by atoms with Crippen LogP contribution in [-0.2, 0) is 17.9 Å². The molecule has 0 radical (unpaired) electrons. The summed E-state index contributed by atoms with van der Waals surface area (Å²) in [6.07, 6.45) is 0.154. The number of carbonyl (C=O) groups is 1. The van der Waals surface area contributed by atoms with Crippen molar-refractivity contribution < 1.29 is 9.90 Å². The predicted molar refractivity (Wildman–Crippen MR) is 76.3 cm³/mol. The zero-order valence-electron chi connectivity index (χ0n) is 11.7. The first kappa shape index (κ1) is 13.6. The number of aryl methyl sites for hydroxylation is 1. The Labute approximate surface area is 113 Å². The molecule has 2 aromatic rings. The van der Waals surface area contributed by atoms with Crippen molar-refractivity contribution in [1.29, 1.82) is 0 Å². The minimum atomic E-state index is -0.758. The summed E-state index contributed by atoms with van der Waals surface area (Å²) in [4.78, 5) is 12.9. The Morgan fingerprint density at radius 2 is 2.00 bits per heavy atom. The fraction of sp³-hybridized carbons (Fsp3) is 0.400. The molecule has 0 aliphatic heterocycles. The van der Waals surface area contributed by atoms with E-state index in [-0.39, 0.29) is 6.42 Å². The summed E-state index contributed by atoms with van der Waals surface area (Å²) in [7, 11) is 4.09. The SMILES string of the molecule is Cc1c(CN(C)C)c2ccccc2n1CCC(=O)O. The van der Waals surface area contributed by atoms with E-state index in [0.717, 1.165) is 17.8 Å². The molecule has 0 saturated carbocycles. The van der Waals surface area contributed by atoms with Crippen LogP contribution in [-0.4, -0.2) is 34.6 Å². The van der Waals surface area contributed by atoms with Gasteiger partial charge >= 0.3 is 5.97 Å². The van der Waals surface area contributed by atoms with Crippen LogP contribution in [0.15, 0.2) is 24.3 Å². The number of rotatable bonds is 5. The molecular weight excluding hydrogens is 240 g/mol. The molecule has 0 aliphatic rings. The Balaban J connectivity index is 2.50. The Morgan fingerprint density at radius 1 is 1.32 bits per heavy atom. The second kappa shape index (κ2) is 5.45. The van der Waals surface area contributed by atoms with Gasteiger partial charge in [0.25, 0.3) is 0 Å². The van der Waals surface area contributed by atoms with E-state index >= 15 is 0 Å². The highest BCUT2D eigenvalue weighted by Gasteiger charge is 2.14. The van der Waals surface area contributed by atoms with Gasteiger partial charge < -0.3 is 14.6 Å². The Bertz CT molecular complexity index is 599. The van der Waals surface area contributed by atoms with Crippen LogP contribution in [0.2, 0.25) is 0 Å². The van der Waals surface area contributed by atoms with Crippen LogP contribution in [0, 0.1) is 6.92 Å². The third-order valence-corrected chi connectivity index (χ3v) is 3.39. The van der Waals surface area contributed by atoms with Crippen molar-refractivity contribution >= 4 is 16.9 Å². The van der Waals surface area contributed by atoms with Gasteiger partial charge in [-0.1, -0.05) is 18.2 Å². The highest BCUT2D eigenvalue weighted by molar-refractivity contribution is 5.85. The Hall–Kier alpha value is -1.81. The highest BCUT2D eigenvalue weighted by atomic mass is 16.4. The van der Waals surface area contributed by atoms with Gasteiger partial charge in [-0.3, -0.25) is 4.79 Å². The lowest BCUT2D eigenvalue weighted by Gasteiger charge is -2.11. The second-order valence-electron chi connectivity index (χ2n) is 5.11. The molecule has 0 atom stereocenters. The molecule has 1 aromatic carbocycles. The van der Waals surface area contributed by atoms with E-state index < -0.39 is 5.97 Å². The molecule has 0 amide bonds. The number of hydrogen-bond donors (Lipinski definition) is 1. The van der Waals surface area contributed by atoms with Crippen molar-refractivity contribution in [2.24, 2.45) is 0 Å². The average Bonchev–Trinajstić information content (AvgIpc) is 2.60. The van der Waals surface area contributed by atoms with Gasteiger partial charge in [0.1, 0.15) is 0 Å². The minimum Gasteiger partial charge on any atom is -0.481 e. The highest BCUT2D eigenvalue weighted by Crippen LogP contribution is 2.26. The van der Waals surface area contributed by atoms with E-state index in [2.05, 4.69) is 28.5 Å². The van der Waals surface area contributed by atoms with E-state index in [4.69, 9.17) is 5.11 Å². The van der Waals surface area contributed by atoms with Crippen molar-refractivity contribution in [3.05, 3.63) is 35.5 Å². The smallest absolute Gasteiger partial charge is 0.305 e. The first-order valence-corrected chi connectivity index (χ1v) is 6.44. The molecule has 19 heavy (non-hydrogen) atoms. The number of fused-ring (bicyclic) bond motifs is 1. The summed E-state index contributed by atoms with van der Waals surface area (Å²) in [6, 6.07) is 8.20. The number of carboxylic acids is 1. The third-order valence-electron chi connectivity index (χ3n) is 3.39. The van der Waals surface area contributed by atoms with Crippen LogP contribution in [0.4, 0.5) is 0 Å². The summed E-state index contributed by atoms with van der Waals surface area (Å²) >= 11 is 0. The molecule has 1 aromatic heterocycles. The van der Waals surface area contributed by atoms with Gasteiger partial charge in [-0.15, -0.1) is 0 Å². The van der Waals surface area contributed by atoms with Crippen LogP contribution >= 0.6 is 0 Å². The minimum absolute atomic E-state index is 0.154. The first-order chi connectivity index (χ1) is 9.00. The number of aliphatic carboxylic acids is 1. The summed E-state index contributed by atoms with van der Waals surface area (Å²) in [5.74, 6) is -0.758. The fourth-order valence-electron chi connectivity index (χ4n) is 2.51. The molecule has 0 aliphatic carbocycles. The van der Waals surface area contributed by atoms with Crippen LogP contribution in [0.1, 0.15) is 17.7 Å². The quantitative estimate of drug-likeness (QED) is 0.898. The molecule has 0 saturated heterocycles. The maximum Gasteiger partial charge on any atom is 0.305 e. The molecule has 4 nitrogen and oxygen atoms in total. The lowest BCUT2D eigenvalue weighted by atomic mass is 10.1. The molecule has 0 bridgehead atoms. The van der Waals surface area contributed by atoms with E-state index in [9.17, 15) is 4.79 Å². The van der Waals surface area contributed by atoms with Crippen molar-refractivity contribution in [3.63, 3.8) is 0 Å². The topological polar surface area (TPSA) is 45.5 Å². The largest absolute Gasteiger partial charge is 0.481 e. The lowest BCUT2D eigenvalue weighted by molar-refractivity contribution is -0.137. The standard InChI is InChI=1S/C15H20N2O2/c1-11-13(10-16(2)3)12-6-4-5-7-14(12)17(11)9-8-15(18)19/h4-7H,8-10H2,1-3H3,(H,18,19). The number of para-hydroxylation sites is 1. The summed E-state index contributed by atoms with van der Waals surface area (Å²) in [6.45, 7) is 3.46. The normalized spacial score (nSPS) is 11.4. The van der Waals surface area contributed by atoms with Crippen molar-refractivity contribution in [2.75, 3.05) is 14.1 Å². The lowest BCUT2D eigenvalue weighted by Crippen LogP contribution is -2.12. The number of benzene rings is 1. The number of nitrogens with zero attached hydrogens (tertiary/aromatic N) is 2. The zero-order valence-corrected chi connectivity index (χ0v) is 11.7. The molecule has 4 heteroatoms. The molecule has 1 N–H and O–H groups in total. The van der Waals surface area contributed by atoms with E-state index in [1.54, 1.807) is 0 Å². The van der Waals surface area contributed by atoms with Crippen LogP contribution in [0.5, 0.6) is 0 Å².